The van der Waals surface area contributed by atoms with Crippen molar-refractivity contribution in [1.29, 1.82) is 0 Å². The predicted molar refractivity (Wildman–Crippen MR) is 65.1 cm³/mol. The second kappa shape index (κ2) is 5.63. The lowest BCUT2D eigenvalue weighted by molar-refractivity contribution is 0.567. The summed E-state index contributed by atoms with van der Waals surface area (Å²) >= 11 is 1.71. The van der Waals surface area contributed by atoms with Gasteiger partial charge in [-0.05, 0) is 31.3 Å². The molecule has 0 aliphatic heterocycles. The van der Waals surface area contributed by atoms with Crippen LogP contribution in [0.2, 0.25) is 0 Å². The lowest BCUT2D eigenvalue weighted by atomic mass is 10.2. The molecule has 3 nitrogen and oxygen atoms in total. The van der Waals surface area contributed by atoms with Crippen LogP contribution in [0.15, 0.2) is 17.5 Å². The van der Waals surface area contributed by atoms with Crippen LogP contribution in [-0.4, -0.2) is 27.0 Å². The first-order chi connectivity index (χ1) is 6.99. The van der Waals surface area contributed by atoms with Crippen LogP contribution in [0.1, 0.15) is 24.3 Å². The van der Waals surface area contributed by atoms with Crippen molar-refractivity contribution >= 4 is 21.2 Å². The lowest BCUT2D eigenvalue weighted by Crippen LogP contribution is -2.21. The van der Waals surface area contributed by atoms with Gasteiger partial charge in [0.1, 0.15) is 9.84 Å². The zero-order chi connectivity index (χ0) is 11.3. The molecule has 0 aliphatic carbocycles. The van der Waals surface area contributed by atoms with Crippen LogP contribution in [-0.2, 0) is 9.84 Å². The molecule has 0 saturated heterocycles. The molecule has 1 aromatic rings. The van der Waals surface area contributed by atoms with Gasteiger partial charge in [-0.2, -0.15) is 0 Å². The molecule has 1 rings (SSSR count). The molecule has 0 fully saturated rings. The minimum atomic E-state index is -2.81. The van der Waals surface area contributed by atoms with Crippen LogP contribution < -0.4 is 5.32 Å². The largest absolute Gasteiger partial charge is 0.309 e. The number of thiophene rings is 1. The molecule has 0 saturated carbocycles. The van der Waals surface area contributed by atoms with Gasteiger partial charge in [-0.3, -0.25) is 0 Å². The zero-order valence-corrected chi connectivity index (χ0v) is 10.7. The van der Waals surface area contributed by atoms with E-state index in [1.54, 1.807) is 11.3 Å². The van der Waals surface area contributed by atoms with E-state index in [0.29, 0.717) is 12.5 Å². The number of hydrogen-bond donors (Lipinski definition) is 1. The maximum Gasteiger partial charge on any atom is 0.147 e. The second-order valence-electron chi connectivity index (χ2n) is 3.67. The number of sulfone groups is 1. The Balaban J connectivity index is 2.21. The molecule has 0 spiro atoms. The molecule has 1 atom stereocenters. The molecule has 1 unspecified atom stereocenters. The highest BCUT2D eigenvalue weighted by molar-refractivity contribution is 7.90. The molecule has 5 heteroatoms. The quantitative estimate of drug-likeness (QED) is 0.780. The summed E-state index contributed by atoms with van der Waals surface area (Å²) in [7, 11) is -2.81. The van der Waals surface area contributed by atoms with Crippen molar-refractivity contribution in [3.05, 3.63) is 22.4 Å². The summed E-state index contributed by atoms with van der Waals surface area (Å²) < 4.78 is 21.8. The molecule has 1 aromatic heterocycles. The number of nitrogens with one attached hydrogen (secondary N) is 1. The fourth-order valence-electron chi connectivity index (χ4n) is 1.29. The molecule has 0 amide bonds. The summed E-state index contributed by atoms with van der Waals surface area (Å²) in [5.74, 6) is 0.261. The minimum Gasteiger partial charge on any atom is -0.309 e. The average Bonchev–Trinajstić information content (AvgIpc) is 2.63. The fourth-order valence-corrected chi connectivity index (χ4v) is 2.72. The van der Waals surface area contributed by atoms with E-state index >= 15 is 0 Å². The van der Waals surface area contributed by atoms with Crippen LogP contribution in [0, 0.1) is 0 Å². The summed E-state index contributed by atoms with van der Waals surface area (Å²) in [5, 5.41) is 5.35. The van der Waals surface area contributed by atoms with E-state index in [1.807, 2.05) is 11.4 Å². The van der Waals surface area contributed by atoms with E-state index in [0.717, 1.165) is 6.54 Å². The highest BCUT2D eigenvalue weighted by atomic mass is 32.2. The van der Waals surface area contributed by atoms with Crippen molar-refractivity contribution in [2.75, 3.05) is 18.6 Å². The highest BCUT2D eigenvalue weighted by Crippen LogP contribution is 2.17. The van der Waals surface area contributed by atoms with Gasteiger partial charge >= 0.3 is 0 Å². The first kappa shape index (κ1) is 12.7. The topological polar surface area (TPSA) is 46.2 Å². The molecule has 0 radical (unpaired) electrons. The van der Waals surface area contributed by atoms with Crippen LogP contribution in [0.3, 0.4) is 0 Å². The van der Waals surface area contributed by atoms with Gasteiger partial charge < -0.3 is 5.32 Å². The molecule has 1 heterocycles. The molecule has 15 heavy (non-hydrogen) atoms. The molecule has 0 aromatic carbocycles. The normalized spacial score (nSPS) is 14.0. The smallest absolute Gasteiger partial charge is 0.147 e. The van der Waals surface area contributed by atoms with Crippen molar-refractivity contribution < 1.29 is 8.42 Å². The van der Waals surface area contributed by atoms with Crippen LogP contribution in [0.4, 0.5) is 0 Å². The third-order valence-corrected chi connectivity index (χ3v) is 4.20. The van der Waals surface area contributed by atoms with Crippen LogP contribution >= 0.6 is 11.3 Å². The van der Waals surface area contributed by atoms with Gasteiger partial charge in [0.2, 0.25) is 0 Å². The first-order valence-electron chi connectivity index (χ1n) is 4.93. The predicted octanol–water partition coefficient (Wildman–Crippen LogP) is 1.83. The molecular formula is C10H17NO2S2. The Labute approximate surface area is 95.4 Å². The van der Waals surface area contributed by atoms with Gasteiger partial charge in [-0.1, -0.05) is 6.07 Å². The Kier molecular flexibility index (Phi) is 4.76. The van der Waals surface area contributed by atoms with E-state index < -0.39 is 9.84 Å². The summed E-state index contributed by atoms with van der Waals surface area (Å²) in [6.45, 7) is 2.83. The summed E-state index contributed by atoms with van der Waals surface area (Å²) in [6.07, 6.45) is 1.95. The summed E-state index contributed by atoms with van der Waals surface area (Å²) in [4.78, 5) is 1.29. The van der Waals surface area contributed by atoms with Crippen molar-refractivity contribution in [2.24, 2.45) is 0 Å². The standard InChI is InChI=1S/C10H17NO2S2/c1-9(10-5-3-7-14-10)11-6-4-8-15(2,12)13/h3,5,7,9,11H,4,6,8H2,1-2H3. The van der Waals surface area contributed by atoms with E-state index in [4.69, 9.17) is 0 Å². The summed E-state index contributed by atoms with van der Waals surface area (Å²) in [5.41, 5.74) is 0. The zero-order valence-electron chi connectivity index (χ0n) is 9.06. The average molecular weight is 247 g/mol. The third kappa shape index (κ3) is 5.30. The maximum absolute atomic E-state index is 10.9. The fraction of sp³-hybridized carbons (Fsp3) is 0.600. The van der Waals surface area contributed by atoms with E-state index in [1.165, 1.54) is 11.1 Å². The van der Waals surface area contributed by atoms with Crippen LogP contribution in [0.5, 0.6) is 0 Å². The Morgan fingerprint density at radius 1 is 1.53 bits per heavy atom. The minimum absolute atomic E-state index is 0.261. The van der Waals surface area contributed by atoms with Crippen molar-refractivity contribution in [3.8, 4) is 0 Å². The monoisotopic (exact) mass is 247 g/mol. The number of rotatable bonds is 6. The molecular weight excluding hydrogens is 230 g/mol. The van der Waals surface area contributed by atoms with Gasteiger partial charge in [-0.15, -0.1) is 11.3 Å². The van der Waals surface area contributed by atoms with Gasteiger partial charge in [0, 0.05) is 17.2 Å². The molecule has 0 bridgehead atoms. The Morgan fingerprint density at radius 3 is 2.80 bits per heavy atom. The van der Waals surface area contributed by atoms with Crippen molar-refractivity contribution in [3.63, 3.8) is 0 Å². The van der Waals surface area contributed by atoms with Gasteiger partial charge in [0.25, 0.3) is 0 Å². The Hall–Kier alpha value is -0.390. The van der Waals surface area contributed by atoms with E-state index in [2.05, 4.69) is 18.3 Å². The van der Waals surface area contributed by atoms with Gasteiger partial charge in [-0.25, -0.2) is 8.42 Å². The lowest BCUT2D eigenvalue weighted by Gasteiger charge is -2.11. The van der Waals surface area contributed by atoms with Crippen LogP contribution in [0.25, 0.3) is 0 Å². The van der Waals surface area contributed by atoms with Gasteiger partial charge in [0.15, 0.2) is 0 Å². The summed E-state index contributed by atoms with van der Waals surface area (Å²) in [6, 6.07) is 4.41. The third-order valence-electron chi connectivity index (χ3n) is 2.11. The first-order valence-corrected chi connectivity index (χ1v) is 7.87. The number of hydrogen-bond acceptors (Lipinski definition) is 4. The second-order valence-corrected chi connectivity index (χ2v) is 6.91. The Morgan fingerprint density at radius 2 is 2.27 bits per heavy atom. The van der Waals surface area contributed by atoms with Crippen molar-refractivity contribution in [2.45, 2.75) is 19.4 Å². The van der Waals surface area contributed by atoms with Gasteiger partial charge in [0.05, 0.1) is 5.75 Å². The molecule has 86 valence electrons. The molecule has 1 N–H and O–H groups in total. The molecule has 0 aliphatic rings. The SMILES string of the molecule is CC(NCCCS(C)(=O)=O)c1cccs1. The highest BCUT2D eigenvalue weighted by Gasteiger charge is 2.06. The Bertz CT molecular complexity index is 370. The van der Waals surface area contributed by atoms with Crippen molar-refractivity contribution in [1.82, 2.24) is 5.32 Å². The maximum atomic E-state index is 10.9. The van der Waals surface area contributed by atoms with E-state index in [-0.39, 0.29) is 5.75 Å². The van der Waals surface area contributed by atoms with E-state index in [9.17, 15) is 8.42 Å².